The van der Waals surface area contributed by atoms with Crippen LogP contribution in [-0.4, -0.2) is 26.1 Å². The van der Waals surface area contributed by atoms with Gasteiger partial charge in [-0.05, 0) is 7.05 Å². The summed E-state index contributed by atoms with van der Waals surface area (Å²) >= 11 is 0. The van der Waals surface area contributed by atoms with Crippen LogP contribution < -0.4 is 5.32 Å². The molecular formula is C11H17N5. The Bertz CT molecular complexity index is 443. The second-order valence-electron chi connectivity index (χ2n) is 3.81. The highest BCUT2D eigenvalue weighted by molar-refractivity contribution is 4.99. The molecule has 0 fully saturated rings. The van der Waals surface area contributed by atoms with Gasteiger partial charge >= 0.3 is 0 Å². The first-order valence-corrected chi connectivity index (χ1v) is 5.41. The minimum absolute atomic E-state index is 0.848. The highest BCUT2D eigenvalue weighted by Gasteiger charge is 2.03. The number of rotatable bonds is 5. The van der Waals surface area contributed by atoms with Crippen LogP contribution in [0.4, 0.5) is 0 Å². The van der Waals surface area contributed by atoms with Gasteiger partial charge in [0.2, 0.25) is 0 Å². The highest BCUT2D eigenvalue weighted by atomic mass is 15.1. The van der Waals surface area contributed by atoms with Crippen molar-refractivity contribution in [2.45, 2.75) is 19.5 Å². The first-order chi connectivity index (χ1) is 7.81. The van der Waals surface area contributed by atoms with Crippen LogP contribution in [0.2, 0.25) is 0 Å². The molecule has 2 aromatic heterocycles. The van der Waals surface area contributed by atoms with Crippen LogP contribution in [0.25, 0.3) is 0 Å². The maximum Gasteiger partial charge on any atom is 0.110 e. The molecule has 5 heteroatoms. The molecule has 0 amide bonds. The van der Waals surface area contributed by atoms with Crippen LogP contribution in [-0.2, 0) is 26.6 Å². The van der Waals surface area contributed by atoms with Gasteiger partial charge in [0.05, 0.1) is 12.0 Å². The molecule has 0 aromatic carbocycles. The monoisotopic (exact) mass is 219 g/mol. The third kappa shape index (κ3) is 2.30. The number of hydrogen-bond acceptors (Lipinski definition) is 3. The average Bonchev–Trinajstić information content (AvgIpc) is 2.86. The fourth-order valence-corrected chi connectivity index (χ4v) is 1.74. The van der Waals surface area contributed by atoms with Gasteiger partial charge in [-0.1, -0.05) is 0 Å². The van der Waals surface area contributed by atoms with Crippen LogP contribution in [0.1, 0.15) is 11.5 Å². The summed E-state index contributed by atoms with van der Waals surface area (Å²) in [5, 5.41) is 3.13. The lowest BCUT2D eigenvalue weighted by atomic mass is 10.3. The molecule has 0 aliphatic rings. The molecule has 1 N–H and O–H groups in total. The van der Waals surface area contributed by atoms with E-state index in [2.05, 4.69) is 24.4 Å². The third-order valence-electron chi connectivity index (χ3n) is 2.65. The van der Waals surface area contributed by atoms with Crippen molar-refractivity contribution in [2.75, 3.05) is 7.05 Å². The Morgan fingerprint density at radius 1 is 1.44 bits per heavy atom. The lowest BCUT2D eigenvalue weighted by Crippen LogP contribution is -2.12. The molecule has 0 bridgehead atoms. The van der Waals surface area contributed by atoms with E-state index in [0.29, 0.717) is 0 Å². The molecule has 86 valence electrons. The zero-order chi connectivity index (χ0) is 11.4. The van der Waals surface area contributed by atoms with Gasteiger partial charge in [-0.25, -0.2) is 9.97 Å². The van der Waals surface area contributed by atoms with Crippen molar-refractivity contribution in [2.24, 2.45) is 7.05 Å². The molecule has 0 aliphatic carbocycles. The molecule has 0 unspecified atom stereocenters. The largest absolute Gasteiger partial charge is 0.338 e. The Hall–Kier alpha value is -1.62. The van der Waals surface area contributed by atoms with Gasteiger partial charge in [-0.15, -0.1) is 0 Å². The fraction of sp³-hybridized carbons (Fsp3) is 0.455. The van der Waals surface area contributed by atoms with Crippen molar-refractivity contribution in [1.82, 2.24) is 24.4 Å². The second-order valence-corrected chi connectivity index (χ2v) is 3.81. The quantitative estimate of drug-likeness (QED) is 0.800. The van der Waals surface area contributed by atoms with E-state index in [9.17, 15) is 0 Å². The Kier molecular flexibility index (Phi) is 3.36. The first kappa shape index (κ1) is 10.9. The summed E-state index contributed by atoms with van der Waals surface area (Å²) in [6, 6.07) is 0. The normalized spacial score (nSPS) is 10.9. The number of imidazole rings is 2. The maximum atomic E-state index is 4.30. The van der Waals surface area contributed by atoms with Gasteiger partial charge in [0.15, 0.2) is 0 Å². The summed E-state index contributed by atoms with van der Waals surface area (Å²) < 4.78 is 4.21. The average molecular weight is 219 g/mol. The summed E-state index contributed by atoms with van der Waals surface area (Å²) in [7, 11) is 3.96. The molecule has 0 aliphatic heterocycles. The molecule has 2 aromatic rings. The van der Waals surface area contributed by atoms with Gasteiger partial charge in [-0.2, -0.15) is 0 Å². The minimum Gasteiger partial charge on any atom is -0.338 e. The Morgan fingerprint density at radius 3 is 3.00 bits per heavy atom. The van der Waals surface area contributed by atoms with E-state index in [0.717, 1.165) is 25.3 Å². The van der Waals surface area contributed by atoms with Crippen molar-refractivity contribution in [1.29, 1.82) is 0 Å². The summed E-state index contributed by atoms with van der Waals surface area (Å²) in [6.07, 6.45) is 8.50. The SMILES string of the molecule is CNCc1cncn1CCc1nccn1C. The number of hydrogen-bond donors (Lipinski definition) is 1. The first-order valence-electron chi connectivity index (χ1n) is 5.41. The van der Waals surface area contributed by atoms with E-state index in [1.165, 1.54) is 5.69 Å². The van der Waals surface area contributed by atoms with Crippen LogP contribution >= 0.6 is 0 Å². The van der Waals surface area contributed by atoms with E-state index in [4.69, 9.17) is 0 Å². The Balaban J connectivity index is 1.99. The van der Waals surface area contributed by atoms with Gasteiger partial charge in [-0.3, -0.25) is 0 Å². The van der Waals surface area contributed by atoms with Crippen LogP contribution in [0.15, 0.2) is 24.9 Å². The van der Waals surface area contributed by atoms with Gasteiger partial charge in [0, 0.05) is 45.1 Å². The predicted molar refractivity (Wildman–Crippen MR) is 61.9 cm³/mol. The number of aryl methyl sites for hydroxylation is 3. The fourth-order valence-electron chi connectivity index (χ4n) is 1.74. The van der Waals surface area contributed by atoms with E-state index in [-0.39, 0.29) is 0 Å². The van der Waals surface area contributed by atoms with Crippen molar-refractivity contribution in [3.8, 4) is 0 Å². The van der Waals surface area contributed by atoms with Gasteiger partial charge < -0.3 is 14.5 Å². The molecule has 0 saturated heterocycles. The molecule has 0 spiro atoms. The van der Waals surface area contributed by atoms with E-state index >= 15 is 0 Å². The molecule has 0 saturated carbocycles. The lowest BCUT2D eigenvalue weighted by Gasteiger charge is -2.07. The molecule has 2 heterocycles. The maximum absolute atomic E-state index is 4.30. The van der Waals surface area contributed by atoms with Gasteiger partial charge in [0.25, 0.3) is 0 Å². The Labute approximate surface area is 95.1 Å². The van der Waals surface area contributed by atoms with E-state index in [1.54, 1.807) is 0 Å². The summed E-state index contributed by atoms with van der Waals surface area (Å²) in [5.41, 5.74) is 1.21. The molecule has 2 rings (SSSR count). The smallest absolute Gasteiger partial charge is 0.110 e. The molecule has 0 radical (unpaired) electrons. The summed E-state index contributed by atoms with van der Waals surface area (Å²) in [6.45, 7) is 1.77. The second kappa shape index (κ2) is 4.94. The lowest BCUT2D eigenvalue weighted by molar-refractivity contribution is 0.612. The number of nitrogens with zero attached hydrogens (tertiary/aromatic N) is 4. The van der Waals surface area contributed by atoms with Crippen molar-refractivity contribution in [3.05, 3.63) is 36.4 Å². The van der Waals surface area contributed by atoms with Gasteiger partial charge in [0.1, 0.15) is 5.82 Å². The minimum atomic E-state index is 0.848. The zero-order valence-electron chi connectivity index (χ0n) is 9.72. The highest BCUT2D eigenvalue weighted by Crippen LogP contribution is 2.02. The standard InChI is InChI=1S/C11H17N5/c1-12-7-10-8-13-9-16(10)5-3-11-14-4-6-15(11)2/h4,6,8-9,12H,3,5,7H2,1-2H3. The van der Waals surface area contributed by atoms with E-state index < -0.39 is 0 Å². The predicted octanol–water partition coefficient (Wildman–Crippen LogP) is 0.579. The van der Waals surface area contributed by atoms with Crippen molar-refractivity contribution < 1.29 is 0 Å². The van der Waals surface area contributed by atoms with Crippen LogP contribution in [0.3, 0.4) is 0 Å². The summed E-state index contributed by atoms with van der Waals surface area (Å²) in [5.74, 6) is 1.10. The van der Waals surface area contributed by atoms with Crippen molar-refractivity contribution in [3.63, 3.8) is 0 Å². The van der Waals surface area contributed by atoms with E-state index in [1.807, 2.05) is 39.0 Å². The Morgan fingerprint density at radius 2 is 2.31 bits per heavy atom. The van der Waals surface area contributed by atoms with Crippen LogP contribution in [0, 0.1) is 0 Å². The topological polar surface area (TPSA) is 47.7 Å². The third-order valence-corrected chi connectivity index (χ3v) is 2.65. The molecule has 5 nitrogen and oxygen atoms in total. The van der Waals surface area contributed by atoms with Crippen molar-refractivity contribution >= 4 is 0 Å². The number of aromatic nitrogens is 4. The molecule has 16 heavy (non-hydrogen) atoms. The zero-order valence-corrected chi connectivity index (χ0v) is 9.72. The van der Waals surface area contributed by atoms with Crippen LogP contribution in [0.5, 0.6) is 0 Å². The molecule has 0 atom stereocenters. The molecular weight excluding hydrogens is 202 g/mol. The number of nitrogens with one attached hydrogen (secondary N) is 1. The summed E-state index contributed by atoms with van der Waals surface area (Å²) in [4.78, 5) is 8.46.